The van der Waals surface area contributed by atoms with Gasteiger partial charge in [-0.2, -0.15) is 0 Å². The molecule has 4 aromatic rings. The van der Waals surface area contributed by atoms with Crippen LogP contribution in [0.2, 0.25) is 10.0 Å². The molecule has 0 radical (unpaired) electrons. The van der Waals surface area contributed by atoms with Crippen molar-refractivity contribution >= 4 is 50.7 Å². The predicted molar refractivity (Wildman–Crippen MR) is 183 cm³/mol. The molecular formula is C36H37Cl2N3O4S. The minimum atomic E-state index is -4.25. The van der Waals surface area contributed by atoms with Gasteiger partial charge < -0.3 is 10.2 Å². The molecule has 0 heterocycles. The van der Waals surface area contributed by atoms with Crippen molar-refractivity contribution in [3.05, 3.63) is 130 Å². The SMILES string of the molecule is Cc1ccccc1CN(C(=O)CN(c1cccc(Cl)c1)S(=O)(=O)c1ccc(Cl)cc1)[C@@H](Cc1ccccc1)C(=O)NC1CCCC1. The standard InChI is InChI=1S/C36H37Cl2N3O4S/c1-26-10-5-6-13-28(26)24-40(34(22-27-11-3-2-4-12-27)36(43)39-31-15-7-8-16-31)35(42)25-41(32-17-9-14-30(38)23-32)46(44,45)33-20-18-29(37)19-21-33/h2-6,9-14,17-21,23,31,34H,7-8,15-16,22,24-25H2,1H3,(H,39,43)/t34-/m0/s1. The van der Waals surface area contributed by atoms with E-state index in [0.717, 1.165) is 46.7 Å². The fourth-order valence-corrected chi connectivity index (χ4v) is 7.50. The number of hydrogen-bond donors (Lipinski definition) is 1. The van der Waals surface area contributed by atoms with Crippen LogP contribution in [0.1, 0.15) is 42.4 Å². The first-order valence-electron chi connectivity index (χ1n) is 15.3. The smallest absolute Gasteiger partial charge is 0.264 e. The molecule has 4 aromatic carbocycles. The first-order chi connectivity index (χ1) is 22.1. The Morgan fingerprint density at radius 3 is 2.20 bits per heavy atom. The molecule has 0 unspecified atom stereocenters. The summed E-state index contributed by atoms with van der Waals surface area (Å²) < 4.78 is 29.3. The Kier molecular flexibility index (Phi) is 11.0. The largest absolute Gasteiger partial charge is 0.352 e. The van der Waals surface area contributed by atoms with Gasteiger partial charge in [-0.3, -0.25) is 13.9 Å². The highest BCUT2D eigenvalue weighted by atomic mass is 35.5. The lowest BCUT2D eigenvalue weighted by molar-refractivity contribution is -0.140. The number of benzene rings is 4. The second kappa shape index (κ2) is 15.2. The number of aryl methyl sites for hydroxylation is 1. The van der Waals surface area contributed by atoms with Crippen LogP contribution in [0.25, 0.3) is 0 Å². The average molecular weight is 679 g/mol. The number of hydrogen-bond acceptors (Lipinski definition) is 4. The molecular weight excluding hydrogens is 641 g/mol. The van der Waals surface area contributed by atoms with Gasteiger partial charge in [-0.25, -0.2) is 8.42 Å². The van der Waals surface area contributed by atoms with E-state index in [9.17, 15) is 18.0 Å². The number of anilines is 1. The van der Waals surface area contributed by atoms with Crippen LogP contribution >= 0.6 is 23.2 Å². The lowest BCUT2D eigenvalue weighted by atomic mass is 10.0. The summed E-state index contributed by atoms with van der Waals surface area (Å²) in [6.45, 7) is 1.51. The van der Waals surface area contributed by atoms with Crippen molar-refractivity contribution in [2.24, 2.45) is 0 Å². The summed E-state index contributed by atoms with van der Waals surface area (Å²) in [5, 5.41) is 3.89. The summed E-state index contributed by atoms with van der Waals surface area (Å²) in [4.78, 5) is 30.2. The summed E-state index contributed by atoms with van der Waals surface area (Å²) in [5.74, 6) is -0.782. The number of rotatable bonds is 12. The highest BCUT2D eigenvalue weighted by Crippen LogP contribution is 2.28. The summed E-state index contributed by atoms with van der Waals surface area (Å²) in [7, 11) is -4.25. The lowest BCUT2D eigenvalue weighted by Crippen LogP contribution is -2.54. The Morgan fingerprint density at radius 1 is 0.848 bits per heavy atom. The third-order valence-corrected chi connectivity index (χ3v) is 10.6. The Labute approximate surface area is 281 Å². The number of nitrogens with zero attached hydrogens (tertiary/aromatic N) is 2. The van der Waals surface area contributed by atoms with Crippen molar-refractivity contribution in [3.63, 3.8) is 0 Å². The van der Waals surface area contributed by atoms with Crippen molar-refractivity contribution in [2.75, 3.05) is 10.8 Å². The number of halogens is 2. The quantitative estimate of drug-likeness (QED) is 0.172. The molecule has 0 aliphatic heterocycles. The number of nitrogens with one attached hydrogen (secondary N) is 1. The number of amides is 2. The van der Waals surface area contributed by atoms with Crippen LogP contribution in [-0.2, 0) is 32.6 Å². The van der Waals surface area contributed by atoms with Gasteiger partial charge in [-0.1, -0.05) is 96.7 Å². The molecule has 0 aromatic heterocycles. The summed E-state index contributed by atoms with van der Waals surface area (Å²) in [6, 6.07) is 28.5. The molecule has 10 heteroatoms. The first-order valence-corrected chi connectivity index (χ1v) is 17.5. The molecule has 0 bridgehead atoms. The van der Waals surface area contributed by atoms with E-state index in [-0.39, 0.29) is 35.5 Å². The Morgan fingerprint density at radius 2 is 1.52 bits per heavy atom. The Balaban J connectivity index is 1.57. The molecule has 0 saturated heterocycles. The monoisotopic (exact) mass is 677 g/mol. The zero-order valence-electron chi connectivity index (χ0n) is 25.6. The van der Waals surface area contributed by atoms with E-state index >= 15 is 0 Å². The third-order valence-electron chi connectivity index (χ3n) is 8.35. The minimum absolute atomic E-state index is 0.0325. The summed E-state index contributed by atoms with van der Waals surface area (Å²) in [6.07, 6.45) is 4.11. The maximum atomic E-state index is 14.6. The van der Waals surface area contributed by atoms with Crippen LogP contribution in [0, 0.1) is 6.92 Å². The van der Waals surface area contributed by atoms with Crippen LogP contribution in [-0.4, -0.2) is 43.8 Å². The lowest BCUT2D eigenvalue weighted by Gasteiger charge is -2.34. The maximum Gasteiger partial charge on any atom is 0.264 e. The number of carbonyl (C=O) groups is 2. The summed E-state index contributed by atoms with van der Waals surface area (Å²) in [5.41, 5.74) is 2.92. The van der Waals surface area contributed by atoms with Crippen LogP contribution in [0.15, 0.2) is 108 Å². The van der Waals surface area contributed by atoms with Crippen molar-refractivity contribution in [2.45, 2.75) is 62.6 Å². The van der Waals surface area contributed by atoms with Gasteiger partial charge in [-0.15, -0.1) is 0 Å². The van der Waals surface area contributed by atoms with E-state index in [1.165, 1.54) is 35.2 Å². The van der Waals surface area contributed by atoms with E-state index < -0.39 is 28.5 Å². The van der Waals surface area contributed by atoms with Gasteiger partial charge in [-0.05, 0) is 78.9 Å². The Bertz CT molecular complexity index is 1760. The van der Waals surface area contributed by atoms with Gasteiger partial charge in [0.05, 0.1) is 10.6 Å². The van der Waals surface area contributed by atoms with Crippen LogP contribution in [0.4, 0.5) is 5.69 Å². The molecule has 1 atom stereocenters. The molecule has 1 N–H and O–H groups in total. The van der Waals surface area contributed by atoms with Crippen LogP contribution in [0.5, 0.6) is 0 Å². The van der Waals surface area contributed by atoms with E-state index in [1.54, 1.807) is 18.2 Å². The molecule has 7 nitrogen and oxygen atoms in total. The van der Waals surface area contributed by atoms with Gasteiger partial charge in [0.2, 0.25) is 11.8 Å². The van der Waals surface area contributed by atoms with Gasteiger partial charge in [0.1, 0.15) is 12.6 Å². The maximum absolute atomic E-state index is 14.6. The van der Waals surface area contributed by atoms with Crippen molar-refractivity contribution in [1.29, 1.82) is 0 Å². The van der Waals surface area contributed by atoms with Gasteiger partial charge in [0, 0.05) is 29.1 Å². The number of sulfonamides is 1. The fraction of sp³-hybridized carbons (Fsp3) is 0.278. The molecule has 240 valence electrons. The highest BCUT2D eigenvalue weighted by Gasteiger charge is 2.35. The second-order valence-corrected chi connectivity index (χ2v) is 14.3. The molecule has 0 spiro atoms. The average Bonchev–Trinajstić information content (AvgIpc) is 3.56. The predicted octanol–water partition coefficient (Wildman–Crippen LogP) is 7.20. The topological polar surface area (TPSA) is 86.8 Å². The second-order valence-electron chi connectivity index (χ2n) is 11.6. The van der Waals surface area contributed by atoms with Crippen molar-refractivity contribution in [3.8, 4) is 0 Å². The minimum Gasteiger partial charge on any atom is -0.352 e. The van der Waals surface area contributed by atoms with Crippen LogP contribution in [0.3, 0.4) is 0 Å². The van der Waals surface area contributed by atoms with Gasteiger partial charge in [0.25, 0.3) is 10.0 Å². The zero-order valence-corrected chi connectivity index (χ0v) is 27.9. The van der Waals surface area contributed by atoms with Crippen molar-refractivity contribution < 1.29 is 18.0 Å². The molecule has 1 aliphatic rings. The normalized spacial score (nSPS) is 14.1. The highest BCUT2D eigenvalue weighted by molar-refractivity contribution is 7.92. The summed E-state index contributed by atoms with van der Waals surface area (Å²) >= 11 is 12.4. The molecule has 1 saturated carbocycles. The van der Waals surface area contributed by atoms with Crippen LogP contribution < -0.4 is 9.62 Å². The first kappa shape index (κ1) is 33.5. The van der Waals surface area contributed by atoms with Crippen molar-refractivity contribution in [1.82, 2.24) is 10.2 Å². The molecule has 46 heavy (non-hydrogen) atoms. The Hall–Kier alpha value is -3.85. The third kappa shape index (κ3) is 8.29. The van der Waals surface area contributed by atoms with E-state index in [4.69, 9.17) is 23.2 Å². The van der Waals surface area contributed by atoms with E-state index in [1.807, 2.05) is 61.5 Å². The zero-order chi connectivity index (χ0) is 32.7. The molecule has 1 fully saturated rings. The van der Waals surface area contributed by atoms with Gasteiger partial charge >= 0.3 is 0 Å². The molecule has 2 amide bonds. The fourth-order valence-electron chi connectivity index (χ4n) is 5.79. The van der Waals surface area contributed by atoms with E-state index in [2.05, 4.69) is 5.32 Å². The van der Waals surface area contributed by atoms with Gasteiger partial charge in [0.15, 0.2) is 0 Å². The molecule has 1 aliphatic carbocycles. The molecule has 5 rings (SSSR count). The number of carbonyl (C=O) groups excluding carboxylic acids is 2. The van der Waals surface area contributed by atoms with E-state index in [0.29, 0.717) is 10.0 Å².